The highest BCUT2D eigenvalue weighted by molar-refractivity contribution is 5.36. The topological polar surface area (TPSA) is 72.7 Å². The van der Waals surface area contributed by atoms with Crippen molar-refractivity contribution in [1.29, 1.82) is 0 Å². The molecule has 0 aliphatic rings. The zero-order valence-corrected chi connectivity index (χ0v) is 11.2. The van der Waals surface area contributed by atoms with Crippen LogP contribution in [0.2, 0.25) is 0 Å². The van der Waals surface area contributed by atoms with E-state index in [0.717, 1.165) is 5.56 Å². The highest BCUT2D eigenvalue weighted by Crippen LogP contribution is 2.22. The molecule has 4 heteroatoms. The summed E-state index contributed by atoms with van der Waals surface area (Å²) in [7, 11) is 0. The van der Waals surface area contributed by atoms with Crippen LogP contribution in [0.4, 0.5) is 0 Å². The molecule has 0 saturated heterocycles. The third-order valence-corrected chi connectivity index (χ3v) is 3.17. The lowest BCUT2D eigenvalue weighted by molar-refractivity contribution is 0.174. The second-order valence-corrected chi connectivity index (χ2v) is 4.68. The van der Waals surface area contributed by atoms with Gasteiger partial charge >= 0.3 is 0 Å². The molecule has 0 saturated carbocycles. The van der Waals surface area contributed by atoms with E-state index in [9.17, 15) is 10.2 Å². The lowest BCUT2D eigenvalue weighted by Gasteiger charge is -2.14. The summed E-state index contributed by atoms with van der Waals surface area (Å²) in [4.78, 5) is 0. The van der Waals surface area contributed by atoms with Crippen LogP contribution in [0.15, 0.2) is 48.5 Å². The number of rotatable bonds is 6. The average molecular weight is 273 g/mol. The molecule has 0 aromatic heterocycles. The van der Waals surface area contributed by atoms with Crippen molar-refractivity contribution in [3.8, 4) is 5.75 Å². The Morgan fingerprint density at radius 1 is 1.05 bits per heavy atom. The molecule has 0 aliphatic heterocycles. The maximum absolute atomic E-state index is 10.1. The number of hydrogen-bond acceptors (Lipinski definition) is 4. The van der Waals surface area contributed by atoms with Crippen LogP contribution < -0.4 is 5.32 Å². The Bertz CT molecular complexity index is 543. The van der Waals surface area contributed by atoms with E-state index >= 15 is 0 Å². The smallest absolute Gasteiger partial charge is 0.121 e. The van der Waals surface area contributed by atoms with Gasteiger partial charge in [0.15, 0.2) is 0 Å². The maximum atomic E-state index is 10.1. The highest BCUT2D eigenvalue weighted by atomic mass is 16.3. The summed E-state index contributed by atoms with van der Waals surface area (Å²) < 4.78 is 0. The van der Waals surface area contributed by atoms with Crippen molar-refractivity contribution in [2.75, 3.05) is 6.54 Å². The molecule has 0 heterocycles. The molecule has 4 nitrogen and oxygen atoms in total. The van der Waals surface area contributed by atoms with Crippen LogP contribution in [0, 0.1) is 0 Å². The second kappa shape index (κ2) is 7.05. The maximum Gasteiger partial charge on any atom is 0.121 e. The summed E-state index contributed by atoms with van der Waals surface area (Å²) in [6.07, 6.45) is -0.676. The van der Waals surface area contributed by atoms with E-state index < -0.39 is 6.10 Å². The molecule has 0 unspecified atom stereocenters. The number of phenols is 1. The van der Waals surface area contributed by atoms with Crippen molar-refractivity contribution in [2.45, 2.75) is 19.3 Å². The van der Waals surface area contributed by atoms with Crippen LogP contribution in [0.5, 0.6) is 5.75 Å². The fourth-order valence-electron chi connectivity index (χ4n) is 2.01. The summed E-state index contributed by atoms with van der Waals surface area (Å²) in [5, 5.41) is 31.8. The predicted molar refractivity (Wildman–Crippen MR) is 77.1 cm³/mol. The Morgan fingerprint density at radius 2 is 1.80 bits per heavy atom. The number of aromatic hydroxyl groups is 1. The molecule has 2 aromatic carbocycles. The van der Waals surface area contributed by atoms with Crippen molar-refractivity contribution < 1.29 is 15.3 Å². The Balaban J connectivity index is 1.90. The lowest BCUT2D eigenvalue weighted by atomic mass is 10.1. The Labute approximate surface area is 118 Å². The van der Waals surface area contributed by atoms with Gasteiger partial charge in [-0.2, -0.15) is 0 Å². The number of aliphatic hydroxyl groups is 2. The quantitative estimate of drug-likeness (QED) is 0.646. The molecule has 1 atom stereocenters. The minimum absolute atomic E-state index is 0.0423. The molecule has 0 radical (unpaired) electrons. The van der Waals surface area contributed by atoms with E-state index in [4.69, 9.17) is 5.11 Å². The van der Waals surface area contributed by atoms with Gasteiger partial charge in [-0.1, -0.05) is 36.4 Å². The Hall–Kier alpha value is -1.88. The summed E-state index contributed by atoms with van der Waals surface area (Å²) >= 11 is 0. The predicted octanol–water partition coefficient (Wildman–Crippen LogP) is 1.71. The summed E-state index contributed by atoms with van der Waals surface area (Å²) in [5.41, 5.74) is 2.25. The van der Waals surface area contributed by atoms with Crippen LogP contribution in [0.1, 0.15) is 22.8 Å². The Kier molecular flexibility index (Phi) is 5.12. The number of benzene rings is 2. The van der Waals surface area contributed by atoms with Gasteiger partial charge in [-0.05, 0) is 23.3 Å². The van der Waals surface area contributed by atoms with Crippen molar-refractivity contribution in [1.82, 2.24) is 5.32 Å². The van der Waals surface area contributed by atoms with Gasteiger partial charge in [-0.25, -0.2) is 0 Å². The molecular formula is C16H19NO3. The number of aliphatic hydroxyl groups excluding tert-OH is 2. The second-order valence-electron chi connectivity index (χ2n) is 4.68. The van der Waals surface area contributed by atoms with Crippen LogP contribution in [0.25, 0.3) is 0 Å². The van der Waals surface area contributed by atoms with Crippen LogP contribution in [-0.4, -0.2) is 21.9 Å². The van der Waals surface area contributed by atoms with Gasteiger partial charge in [-0.15, -0.1) is 0 Å². The molecule has 0 spiro atoms. The van der Waals surface area contributed by atoms with E-state index in [2.05, 4.69) is 5.32 Å². The fraction of sp³-hybridized carbons (Fsp3) is 0.250. The Morgan fingerprint density at radius 3 is 2.50 bits per heavy atom. The number of nitrogens with one attached hydrogen (secondary N) is 1. The third kappa shape index (κ3) is 3.81. The first-order chi connectivity index (χ1) is 9.70. The highest BCUT2D eigenvalue weighted by Gasteiger charge is 2.09. The molecule has 20 heavy (non-hydrogen) atoms. The monoisotopic (exact) mass is 273 g/mol. The molecule has 0 aliphatic carbocycles. The molecule has 2 aromatic rings. The molecule has 2 rings (SSSR count). The van der Waals surface area contributed by atoms with Gasteiger partial charge in [0.05, 0.1) is 12.7 Å². The van der Waals surface area contributed by atoms with Gasteiger partial charge < -0.3 is 20.6 Å². The van der Waals surface area contributed by atoms with Gasteiger partial charge in [0, 0.05) is 18.7 Å². The van der Waals surface area contributed by atoms with Gasteiger partial charge in [0.2, 0.25) is 0 Å². The van der Waals surface area contributed by atoms with E-state index in [1.807, 2.05) is 30.3 Å². The molecular weight excluding hydrogens is 254 g/mol. The average Bonchev–Trinajstić information content (AvgIpc) is 2.48. The van der Waals surface area contributed by atoms with Crippen molar-refractivity contribution in [2.24, 2.45) is 0 Å². The zero-order chi connectivity index (χ0) is 14.4. The molecule has 106 valence electrons. The van der Waals surface area contributed by atoms with Gasteiger partial charge in [0.1, 0.15) is 5.75 Å². The molecule has 0 fully saturated rings. The van der Waals surface area contributed by atoms with E-state index in [0.29, 0.717) is 24.2 Å². The van der Waals surface area contributed by atoms with E-state index in [-0.39, 0.29) is 12.4 Å². The minimum Gasteiger partial charge on any atom is -0.508 e. The molecule has 0 bridgehead atoms. The van der Waals surface area contributed by atoms with Crippen molar-refractivity contribution in [3.63, 3.8) is 0 Å². The lowest BCUT2D eigenvalue weighted by Crippen LogP contribution is -2.21. The molecule has 4 N–H and O–H groups in total. The van der Waals surface area contributed by atoms with Gasteiger partial charge in [-0.3, -0.25) is 0 Å². The number of hydrogen-bond donors (Lipinski definition) is 4. The minimum atomic E-state index is -0.676. The first-order valence-electron chi connectivity index (χ1n) is 6.56. The largest absolute Gasteiger partial charge is 0.508 e. The first kappa shape index (κ1) is 14.5. The van der Waals surface area contributed by atoms with Crippen LogP contribution in [-0.2, 0) is 13.2 Å². The summed E-state index contributed by atoms with van der Waals surface area (Å²) in [6, 6.07) is 14.7. The molecule has 0 amide bonds. The van der Waals surface area contributed by atoms with Crippen molar-refractivity contribution >= 4 is 0 Å². The van der Waals surface area contributed by atoms with E-state index in [1.54, 1.807) is 12.1 Å². The zero-order valence-electron chi connectivity index (χ0n) is 11.2. The van der Waals surface area contributed by atoms with E-state index in [1.165, 1.54) is 6.07 Å². The normalized spacial score (nSPS) is 12.3. The summed E-state index contributed by atoms with van der Waals surface area (Å²) in [6.45, 7) is 0.844. The fourth-order valence-corrected chi connectivity index (χ4v) is 2.01. The standard InChI is InChI=1S/C16H19NO3/c18-11-14-8-13(6-7-15(14)19)16(20)10-17-9-12-4-2-1-3-5-12/h1-8,16-20H,9-11H2/t16-/m0/s1. The van der Waals surface area contributed by atoms with Gasteiger partial charge in [0.25, 0.3) is 0 Å². The summed E-state index contributed by atoms with van der Waals surface area (Å²) in [5.74, 6) is 0.0423. The van der Waals surface area contributed by atoms with Crippen LogP contribution >= 0.6 is 0 Å². The van der Waals surface area contributed by atoms with Crippen molar-refractivity contribution in [3.05, 3.63) is 65.2 Å². The first-order valence-corrected chi connectivity index (χ1v) is 6.56. The SMILES string of the molecule is OCc1cc([C@@H](O)CNCc2ccccc2)ccc1O. The third-order valence-electron chi connectivity index (χ3n) is 3.17. The van der Waals surface area contributed by atoms with Crippen LogP contribution in [0.3, 0.4) is 0 Å².